The van der Waals surface area contributed by atoms with Crippen molar-refractivity contribution in [3.8, 4) is 0 Å². The van der Waals surface area contributed by atoms with Crippen molar-refractivity contribution in [2.45, 2.75) is 37.1 Å². The van der Waals surface area contributed by atoms with Crippen molar-refractivity contribution >= 4 is 7.60 Å². The van der Waals surface area contributed by atoms with E-state index in [0.717, 1.165) is 0 Å². The number of hydrogen-bond acceptors (Lipinski definition) is 6. The number of hydrogen-bond donors (Lipinski definition) is 6. The van der Waals surface area contributed by atoms with E-state index in [1.807, 2.05) is 0 Å². The molecule has 0 spiro atoms. The van der Waals surface area contributed by atoms with Crippen molar-refractivity contribution in [1.29, 1.82) is 0 Å². The second-order valence-electron chi connectivity index (χ2n) is 3.71. The van der Waals surface area contributed by atoms with Gasteiger partial charge in [0.25, 0.3) is 0 Å². The van der Waals surface area contributed by atoms with Crippen molar-refractivity contribution in [3.63, 3.8) is 0 Å². The molecule has 0 amide bonds. The molecule has 8 nitrogen and oxygen atoms in total. The fraction of sp³-hybridized carbons (Fsp3) is 1.00. The minimum atomic E-state index is -4.23. The standard InChI is InChI=1S/C7H15O8P/c8-4-3(1-2-16(12,13)14)15-7(11)6(10)5(4)9/h3-11H,1-2H2,(H2,12,13,14)/t3-,4-,5+,6+,7?/m1/s1. The van der Waals surface area contributed by atoms with Gasteiger partial charge in [0.1, 0.15) is 18.3 Å². The van der Waals surface area contributed by atoms with Gasteiger partial charge in [0.15, 0.2) is 6.29 Å². The summed E-state index contributed by atoms with van der Waals surface area (Å²) in [4.78, 5) is 17.2. The molecule has 1 aliphatic rings. The average Bonchev–Trinajstić information content (AvgIpc) is 2.17. The Morgan fingerprint density at radius 2 is 1.56 bits per heavy atom. The molecule has 0 radical (unpaired) electrons. The van der Waals surface area contributed by atoms with E-state index >= 15 is 0 Å². The normalized spacial score (nSPS) is 41.0. The van der Waals surface area contributed by atoms with E-state index in [1.54, 1.807) is 0 Å². The zero-order chi connectivity index (χ0) is 12.5. The van der Waals surface area contributed by atoms with Crippen LogP contribution in [0.4, 0.5) is 0 Å². The van der Waals surface area contributed by atoms with E-state index in [0.29, 0.717) is 0 Å². The molecule has 0 aromatic heterocycles. The van der Waals surface area contributed by atoms with E-state index < -0.39 is 44.5 Å². The molecule has 96 valence electrons. The summed E-state index contributed by atoms with van der Waals surface area (Å²) in [7, 11) is -4.23. The Kier molecular flexibility index (Phi) is 4.44. The van der Waals surface area contributed by atoms with Crippen LogP contribution in [0.25, 0.3) is 0 Å². The minimum absolute atomic E-state index is 0.230. The van der Waals surface area contributed by atoms with Crippen molar-refractivity contribution in [2.75, 3.05) is 6.16 Å². The van der Waals surface area contributed by atoms with Gasteiger partial charge in [0.2, 0.25) is 0 Å². The van der Waals surface area contributed by atoms with Crippen LogP contribution < -0.4 is 0 Å². The molecule has 9 heteroatoms. The Bertz CT molecular complexity index is 278. The molecule has 16 heavy (non-hydrogen) atoms. The van der Waals surface area contributed by atoms with Gasteiger partial charge in [-0.3, -0.25) is 4.57 Å². The minimum Gasteiger partial charge on any atom is -0.388 e. The number of aliphatic hydroxyl groups excluding tert-OH is 4. The molecule has 1 heterocycles. The molecule has 0 aromatic rings. The summed E-state index contributed by atoms with van der Waals surface area (Å²) < 4.78 is 15.3. The van der Waals surface area contributed by atoms with Gasteiger partial charge in [0.05, 0.1) is 12.3 Å². The van der Waals surface area contributed by atoms with Crippen LogP contribution in [0.15, 0.2) is 0 Å². The second-order valence-corrected chi connectivity index (χ2v) is 5.49. The van der Waals surface area contributed by atoms with E-state index in [1.165, 1.54) is 0 Å². The van der Waals surface area contributed by atoms with Gasteiger partial charge in [-0.2, -0.15) is 0 Å². The molecular formula is C7H15O8P. The maximum absolute atomic E-state index is 10.6. The van der Waals surface area contributed by atoms with Gasteiger partial charge >= 0.3 is 7.60 Å². The van der Waals surface area contributed by atoms with Crippen LogP contribution in [0.2, 0.25) is 0 Å². The van der Waals surface area contributed by atoms with Gasteiger partial charge < -0.3 is 34.9 Å². The molecule has 1 rings (SSSR count). The van der Waals surface area contributed by atoms with Crippen LogP contribution in [0, 0.1) is 0 Å². The maximum atomic E-state index is 10.6. The molecule has 0 saturated carbocycles. The van der Waals surface area contributed by atoms with Gasteiger partial charge in [-0.25, -0.2) is 0 Å². The number of rotatable bonds is 3. The summed E-state index contributed by atoms with van der Waals surface area (Å²) >= 11 is 0. The Morgan fingerprint density at radius 3 is 2.06 bits per heavy atom. The van der Waals surface area contributed by atoms with Crippen molar-refractivity contribution in [3.05, 3.63) is 0 Å². The lowest BCUT2D eigenvalue weighted by Gasteiger charge is -2.38. The fourth-order valence-electron chi connectivity index (χ4n) is 1.46. The first-order valence-corrected chi connectivity index (χ1v) is 6.44. The summed E-state index contributed by atoms with van der Waals surface area (Å²) in [5, 5.41) is 37.0. The molecule has 0 aromatic carbocycles. The predicted octanol–water partition coefficient (Wildman–Crippen LogP) is -2.65. The Morgan fingerprint density at radius 1 is 1.00 bits per heavy atom. The first-order valence-electron chi connectivity index (χ1n) is 4.64. The summed E-state index contributed by atoms with van der Waals surface area (Å²) in [6.07, 6.45) is -8.31. The Balaban J connectivity index is 2.57. The summed E-state index contributed by atoms with van der Waals surface area (Å²) in [5.41, 5.74) is 0. The highest BCUT2D eigenvalue weighted by molar-refractivity contribution is 7.51. The van der Waals surface area contributed by atoms with Crippen LogP contribution >= 0.6 is 7.60 Å². The van der Waals surface area contributed by atoms with Gasteiger partial charge in [-0.1, -0.05) is 0 Å². The highest BCUT2D eigenvalue weighted by Crippen LogP contribution is 2.36. The van der Waals surface area contributed by atoms with Crippen molar-refractivity contribution < 1.29 is 39.5 Å². The molecule has 6 N–H and O–H groups in total. The molecule has 5 atom stereocenters. The molecule has 1 saturated heterocycles. The highest BCUT2D eigenvalue weighted by atomic mass is 31.2. The second kappa shape index (κ2) is 5.07. The first-order chi connectivity index (χ1) is 7.22. The average molecular weight is 258 g/mol. The van der Waals surface area contributed by atoms with Crippen molar-refractivity contribution in [1.82, 2.24) is 0 Å². The van der Waals surface area contributed by atoms with Crippen molar-refractivity contribution in [2.24, 2.45) is 0 Å². The van der Waals surface area contributed by atoms with E-state index in [2.05, 4.69) is 0 Å². The third kappa shape index (κ3) is 3.47. The SMILES string of the molecule is O=P(O)(O)CC[C@H]1OC(O)[C@@H](O)[C@@H](O)[C@@H]1O. The first kappa shape index (κ1) is 14.0. The van der Waals surface area contributed by atoms with Crippen LogP contribution in [0.3, 0.4) is 0 Å². The zero-order valence-corrected chi connectivity index (χ0v) is 9.14. The van der Waals surface area contributed by atoms with E-state index in [9.17, 15) is 14.8 Å². The quantitative estimate of drug-likeness (QED) is 0.301. The molecule has 0 bridgehead atoms. The van der Waals surface area contributed by atoms with Crippen LogP contribution in [-0.2, 0) is 9.30 Å². The molecule has 0 aliphatic carbocycles. The van der Waals surface area contributed by atoms with E-state index in [4.69, 9.17) is 24.7 Å². The number of aliphatic hydroxyl groups is 4. The zero-order valence-electron chi connectivity index (χ0n) is 8.25. The molecule has 1 fully saturated rings. The Hall–Kier alpha value is -0.0500. The van der Waals surface area contributed by atoms with E-state index in [-0.39, 0.29) is 6.42 Å². The largest absolute Gasteiger partial charge is 0.388 e. The molecule has 1 aliphatic heterocycles. The summed E-state index contributed by atoms with van der Waals surface area (Å²) in [5.74, 6) is 0. The summed E-state index contributed by atoms with van der Waals surface area (Å²) in [6, 6.07) is 0. The van der Waals surface area contributed by atoms with Crippen LogP contribution in [-0.4, -0.2) is 67.1 Å². The summed E-state index contributed by atoms with van der Waals surface area (Å²) in [6.45, 7) is 0. The monoisotopic (exact) mass is 258 g/mol. The predicted molar refractivity (Wildman–Crippen MR) is 50.4 cm³/mol. The van der Waals surface area contributed by atoms with Gasteiger partial charge in [0, 0.05) is 0 Å². The lowest BCUT2D eigenvalue weighted by Crippen LogP contribution is -2.57. The van der Waals surface area contributed by atoms with Gasteiger partial charge in [-0.05, 0) is 6.42 Å². The lowest BCUT2D eigenvalue weighted by atomic mass is 9.97. The van der Waals surface area contributed by atoms with Gasteiger partial charge in [-0.15, -0.1) is 0 Å². The molecule has 1 unspecified atom stereocenters. The lowest BCUT2D eigenvalue weighted by molar-refractivity contribution is -0.281. The van der Waals surface area contributed by atoms with Crippen LogP contribution in [0.5, 0.6) is 0 Å². The molecular weight excluding hydrogens is 243 g/mol. The third-order valence-corrected chi connectivity index (χ3v) is 3.23. The fourth-order valence-corrected chi connectivity index (χ4v) is 2.06. The van der Waals surface area contributed by atoms with Crippen LogP contribution in [0.1, 0.15) is 6.42 Å². The Labute approximate surface area is 91.3 Å². The highest BCUT2D eigenvalue weighted by Gasteiger charge is 2.43. The third-order valence-electron chi connectivity index (χ3n) is 2.39. The maximum Gasteiger partial charge on any atom is 0.325 e. The number of ether oxygens (including phenoxy) is 1. The smallest absolute Gasteiger partial charge is 0.325 e. The topological polar surface area (TPSA) is 148 Å².